The fourth-order valence-electron chi connectivity index (χ4n) is 3.28. The molecule has 2 N–H and O–H groups in total. The number of hydrogen-bond donors (Lipinski definition) is 1. The van der Waals surface area contributed by atoms with Gasteiger partial charge in [-0.25, -0.2) is 14.8 Å². The Hall–Kier alpha value is -2.22. The number of nitrogens with zero attached hydrogens (tertiary/aromatic N) is 4. The van der Waals surface area contributed by atoms with E-state index in [1.54, 1.807) is 11.3 Å². The lowest BCUT2D eigenvalue weighted by Gasteiger charge is -2.11. The van der Waals surface area contributed by atoms with Gasteiger partial charge in [-0.3, -0.25) is 9.09 Å². The zero-order valence-corrected chi connectivity index (χ0v) is 14.5. The number of hydrogen-bond acceptors (Lipinski definition) is 7. The SMILES string of the molecule is CC(C)c1noc(=O)n1Cc1nc(N)c2c3c(sc2n1)CCCC3. The van der Waals surface area contributed by atoms with Crippen molar-refractivity contribution < 1.29 is 4.52 Å². The maximum atomic E-state index is 11.9. The molecule has 0 atom stereocenters. The summed E-state index contributed by atoms with van der Waals surface area (Å²) >= 11 is 1.70. The number of nitrogens with two attached hydrogens (primary N) is 1. The fraction of sp³-hybridized carbons (Fsp3) is 0.500. The summed E-state index contributed by atoms with van der Waals surface area (Å²) in [6.45, 7) is 4.14. The molecule has 4 rings (SSSR count). The second-order valence-electron chi connectivity index (χ2n) is 6.46. The maximum Gasteiger partial charge on any atom is 0.442 e. The van der Waals surface area contributed by atoms with Gasteiger partial charge in [0.2, 0.25) is 0 Å². The lowest BCUT2D eigenvalue weighted by molar-refractivity contribution is 0.373. The van der Waals surface area contributed by atoms with Crippen molar-refractivity contribution >= 4 is 27.4 Å². The molecule has 7 nitrogen and oxygen atoms in total. The number of fused-ring (bicyclic) bond motifs is 3. The van der Waals surface area contributed by atoms with Crippen LogP contribution in [-0.2, 0) is 19.4 Å². The summed E-state index contributed by atoms with van der Waals surface area (Å²) in [5.41, 5.74) is 7.53. The van der Waals surface area contributed by atoms with Gasteiger partial charge in [0.15, 0.2) is 11.6 Å². The molecule has 0 fully saturated rings. The monoisotopic (exact) mass is 345 g/mol. The third-order valence-corrected chi connectivity index (χ3v) is 5.60. The average Bonchev–Trinajstić information content (AvgIpc) is 3.08. The lowest BCUT2D eigenvalue weighted by Crippen LogP contribution is -2.20. The second-order valence-corrected chi connectivity index (χ2v) is 7.55. The molecule has 126 valence electrons. The molecule has 0 spiro atoms. The van der Waals surface area contributed by atoms with Crippen LogP contribution in [0.5, 0.6) is 0 Å². The highest BCUT2D eigenvalue weighted by Crippen LogP contribution is 2.37. The molecule has 0 unspecified atom stereocenters. The number of thiophene rings is 1. The van der Waals surface area contributed by atoms with Crippen molar-refractivity contribution in [2.24, 2.45) is 0 Å². The fourth-order valence-corrected chi connectivity index (χ4v) is 4.57. The molecule has 0 saturated carbocycles. The van der Waals surface area contributed by atoms with Crippen LogP contribution in [0.1, 0.15) is 54.7 Å². The van der Waals surface area contributed by atoms with Gasteiger partial charge in [0.05, 0.1) is 11.9 Å². The van der Waals surface area contributed by atoms with Gasteiger partial charge in [-0.15, -0.1) is 11.3 Å². The largest absolute Gasteiger partial charge is 0.442 e. The van der Waals surface area contributed by atoms with E-state index in [2.05, 4.69) is 15.1 Å². The molecule has 1 aliphatic rings. The molecule has 0 radical (unpaired) electrons. The molecular formula is C16H19N5O2S. The van der Waals surface area contributed by atoms with Crippen molar-refractivity contribution in [2.75, 3.05) is 5.73 Å². The molecule has 8 heteroatoms. The van der Waals surface area contributed by atoms with E-state index in [4.69, 9.17) is 10.3 Å². The molecule has 0 bridgehead atoms. The van der Waals surface area contributed by atoms with E-state index in [0.717, 1.165) is 23.1 Å². The average molecular weight is 345 g/mol. The van der Waals surface area contributed by atoms with E-state index in [1.807, 2.05) is 13.8 Å². The van der Waals surface area contributed by atoms with Crippen LogP contribution in [0, 0.1) is 0 Å². The van der Waals surface area contributed by atoms with Crippen LogP contribution in [0.2, 0.25) is 0 Å². The summed E-state index contributed by atoms with van der Waals surface area (Å²) in [5.74, 6) is 1.20. The van der Waals surface area contributed by atoms with Crippen LogP contribution >= 0.6 is 11.3 Å². The van der Waals surface area contributed by atoms with E-state index >= 15 is 0 Å². The molecule has 0 saturated heterocycles. The molecule has 0 aromatic carbocycles. The Balaban J connectivity index is 1.79. The first-order valence-corrected chi connectivity index (χ1v) is 8.99. The normalized spacial score (nSPS) is 14.5. The Morgan fingerprint density at radius 3 is 2.88 bits per heavy atom. The lowest BCUT2D eigenvalue weighted by atomic mass is 9.97. The number of nitrogen functional groups attached to an aromatic ring is 1. The first-order chi connectivity index (χ1) is 11.5. The van der Waals surface area contributed by atoms with Crippen LogP contribution in [0.3, 0.4) is 0 Å². The summed E-state index contributed by atoms with van der Waals surface area (Å²) in [6.07, 6.45) is 4.54. The highest BCUT2D eigenvalue weighted by Gasteiger charge is 2.21. The van der Waals surface area contributed by atoms with E-state index in [-0.39, 0.29) is 12.5 Å². The quantitative estimate of drug-likeness (QED) is 0.783. The summed E-state index contributed by atoms with van der Waals surface area (Å²) in [6, 6.07) is 0. The van der Waals surface area contributed by atoms with E-state index < -0.39 is 5.76 Å². The van der Waals surface area contributed by atoms with Crippen molar-refractivity contribution in [1.29, 1.82) is 0 Å². The standard InChI is InChI=1S/C16H19N5O2S/c1-8(2)14-20-23-16(22)21(14)7-11-18-13(17)12-9-5-3-4-6-10(9)24-15(12)19-11/h8H,3-7H2,1-2H3,(H2,17,18,19). The van der Waals surface area contributed by atoms with Gasteiger partial charge in [0.1, 0.15) is 10.6 Å². The zero-order valence-electron chi connectivity index (χ0n) is 13.7. The van der Waals surface area contributed by atoms with E-state index in [1.165, 1.54) is 27.8 Å². The van der Waals surface area contributed by atoms with Crippen molar-refractivity contribution in [3.8, 4) is 0 Å². The number of anilines is 1. The minimum atomic E-state index is -0.494. The third-order valence-electron chi connectivity index (χ3n) is 4.42. The first kappa shape index (κ1) is 15.3. The number of aromatic nitrogens is 4. The van der Waals surface area contributed by atoms with Gasteiger partial charge < -0.3 is 5.73 Å². The van der Waals surface area contributed by atoms with E-state index in [0.29, 0.717) is 17.5 Å². The molecule has 24 heavy (non-hydrogen) atoms. The molecule has 3 aromatic rings. The van der Waals surface area contributed by atoms with E-state index in [9.17, 15) is 4.79 Å². The van der Waals surface area contributed by atoms with Crippen LogP contribution in [0.4, 0.5) is 5.82 Å². The molecule has 0 aliphatic heterocycles. The zero-order chi connectivity index (χ0) is 16.8. The van der Waals surface area contributed by atoms with Gasteiger partial charge in [0, 0.05) is 10.8 Å². The van der Waals surface area contributed by atoms with Gasteiger partial charge in [-0.2, -0.15) is 0 Å². The topological polar surface area (TPSA) is 99.8 Å². The highest BCUT2D eigenvalue weighted by molar-refractivity contribution is 7.19. The Bertz CT molecular complexity index is 969. The Morgan fingerprint density at radius 1 is 1.29 bits per heavy atom. The summed E-state index contributed by atoms with van der Waals surface area (Å²) in [5, 5.41) is 4.84. The Morgan fingerprint density at radius 2 is 2.08 bits per heavy atom. The van der Waals surface area contributed by atoms with Crippen molar-refractivity contribution in [3.63, 3.8) is 0 Å². The Kier molecular flexibility index (Phi) is 3.64. The molecule has 0 amide bonds. The van der Waals surface area contributed by atoms with Crippen LogP contribution in [0.25, 0.3) is 10.2 Å². The summed E-state index contributed by atoms with van der Waals surface area (Å²) in [4.78, 5) is 23.3. The summed E-state index contributed by atoms with van der Waals surface area (Å²) in [7, 11) is 0. The first-order valence-electron chi connectivity index (χ1n) is 8.17. The predicted octanol–water partition coefficient (Wildman–Crippen LogP) is 2.47. The van der Waals surface area contributed by atoms with Gasteiger partial charge >= 0.3 is 5.76 Å². The third kappa shape index (κ3) is 2.41. The predicted molar refractivity (Wildman–Crippen MR) is 92.4 cm³/mol. The molecular weight excluding hydrogens is 326 g/mol. The summed E-state index contributed by atoms with van der Waals surface area (Å²) < 4.78 is 6.26. The number of aryl methyl sites for hydroxylation is 2. The Labute approximate surface area is 142 Å². The molecule has 3 heterocycles. The molecule has 3 aromatic heterocycles. The number of rotatable bonds is 3. The van der Waals surface area contributed by atoms with Crippen molar-refractivity contribution in [3.05, 3.63) is 32.6 Å². The highest BCUT2D eigenvalue weighted by atomic mass is 32.1. The van der Waals surface area contributed by atoms with Crippen LogP contribution in [0.15, 0.2) is 9.32 Å². The second kappa shape index (κ2) is 5.70. The van der Waals surface area contributed by atoms with Gasteiger partial charge in [-0.1, -0.05) is 19.0 Å². The van der Waals surface area contributed by atoms with Crippen molar-refractivity contribution in [1.82, 2.24) is 19.7 Å². The minimum absolute atomic E-state index is 0.0755. The van der Waals surface area contributed by atoms with Gasteiger partial charge in [-0.05, 0) is 31.2 Å². The molecule has 1 aliphatic carbocycles. The smallest absolute Gasteiger partial charge is 0.383 e. The minimum Gasteiger partial charge on any atom is -0.383 e. The van der Waals surface area contributed by atoms with Gasteiger partial charge in [0.25, 0.3) is 0 Å². The van der Waals surface area contributed by atoms with Crippen LogP contribution < -0.4 is 11.5 Å². The van der Waals surface area contributed by atoms with Crippen molar-refractivity contribution in [2.45, 2.75) is 52.0 Å². The maximum absolute atomic E-state index is 11.9. The van der Waals surface area contributed by atoms with Crippen LogP contribution in [-0.4, -0.2) is 19.7 Å².